The molecule has 0 aliphatic heterocycles. The number of benzene rings is 1. The van der Waals surface area contributed by atoms with Gasteiger partial charge in [-0.15, -0.1) is 0 Å². The van der Waals surface area contributed by atoms with Gasteiger partial charge in [-0.1, -0.05) is 32.9 Å². The molecule has 0 saturated carbocycles. The lowest BCUT2D eigenvalue weighted by molar-refractivity contribution is -0.137. The second kappa shape index (κ2) is 9.48. The molecular formula is C20H27FN2O3. The molecule has 0 aliphatic rings. The zero-order valence-electron chi connectivity index (χ0n) is 15.9. The highest BCUT2D eigenvalue weighted by Gasteiger charge is 2.16. The molecule has 1 amide bonds. The lowest BCUT2D eigenvalue weighted by Crippen LogP contribution is -2.39. The molecule has 0 fully saturated rings. The number of rotatable bonds is 9. The van der Waals surface area contributed by atoms with Gasteiger partial charge in [-0.05, 0) is 36.1 Å². The number of amides is 1. The van der Waals surface area contributed by atoms with E-state index in [4.69, 9.17) is 9.26 Å². The van der Waals surface area contributed by atoms with Crippen LogP contribution in [0.3, 0.4) is 0 Å². The third-order valence-electron chi connectivity index (χ3n) is 3.69. The summed E-state index contributed by atoms with van der Waals surface area (Å²) in [6.07, 6.45) is 0. The summed E-state index contributed by atoms with van der Waals surface area (Å²) in [5.41, 5.74) is 1.33. The monoisotopic (exact) mass is 362 g/mol. The summed E-state index contributed by atoms with van der Waals surface area (Å²) in [5.74, 6) is 1.03. The Balaban J connectivity index is 1.86. The molecule has 1 aromatic carbocycles. The fourth-order valence-corrected chi connectivity index (χ4v) is 2.62. The number of aromatic nitrogens is 1. The molecule has 0 spiro atoms. The molecular weight excluding hydrogens is 335 g/mol. The van der Waals surface area contributed by atoms with E-state index in [1.807, 2.05) is 4.90 Å². The van der Waals surface area contributed by atoms with Crippen LogP contribution >= 0.6 is 0 Å². The van der Waals surface area contributed by atoms with Crippen molar-refractivity contribution < 1.29 is 18.4 Å². The Morgan fingerprint density at radius 1 is 1.15 bits per heavy atom. The lowest BCUT2D eigenvalue weighted by Gasteiger charge is -2.26. The van der Waals surface area contributed by atoms with Crippen LogP contribution in [-0.2, 0) is 16.1 Å². The first-order chi connectivity index (χ1) is 12.3. The van der Waals surface area contributed by atoms with Gasteiger partial charge >= 0.3 is 0 Å². The fourth-order valence-electron chi connectivity index (χ4n) is 2.62. The molecule has 0 saturated heterocycles. The van der Waals surface area contributed by atoms with Gasteiger partial charge in [-0.3, -0.25) is 4.79 Å². The normalized spacial score (nSPS) is 11.3. The molecule has 0 N–H and O–H groups in total. The zero-order valence-corrected chi connectivity index (χ0v) is 15.9. The van der Waals surface area contributed by atoms with Crippen molar-refractivity contribution in [3.8, 4) is 11.3 Å². The number of carbonyl (C=O) groups is 1. The number of ether oxygens (including phenoxy) is 1. The van der Waals surface area contributed by atoms with Crippen molar-refractivity contribution >= 4 is 5.91 Å². The van der Waals surface area contributed by atoms with E-state index in [9.17, 15) is 9.18 Å². The van der Waals surface area contributed by atoms with E-state index in [0.29, 0.717) is 23.3 Å². The van der Waals surface area contributed by atoms with Crippen molar-refractivity contribution in [3.63, 3.8) is 0 Å². The SMILES string of the molecule is CC(C)CN(CC(C)C)C(=O)COCc1cc(-c2ccc(F)cc2)on1. The van der Waals surface area contributed by atoms with Crippen molar-refractivity contribution in [1.82, 2.24) is 10.1 Å². The van der Waals surface area contributed by atoms with Gasteiger partial charge in [0.1, 0.15) is 18.1 Å². The smallest absolute Gasteiger partial charge is 0.248 e. The van der Waals surface area contributed by atoms with E-state index in [1.165, 1.54) is 12.1 Å². The molecule has 26 heavy (non-hydrogen) atoms. The number of nitrogens with zero attached hydrogens (tertiary/aromatic N) is 2. The van der Waals surface area contributed by atoms with Gasteiger partial charge in [-0.25, -0.2) is 4.39 Å². The minimum absolute atomic E-state index is 0.0121. The first kappa shape index (κ1) is 20.1. The number of carbonyl (C=O) groups excluding carboxylic acids is 1. The maximum atomic E-state index is 13.0. The van der Waals surface area contributed by atoms with Gasteiger partial charge in [-0.2, -0.15) is 0 Å². The predicted molar refractivity (Wildman–Crippen MR) is 97.8 cm³/mol. The van der Waals surface area contributed by atoms with Gasteiger partial charge in [0.05, 0.1) is 6.61 Å². The van der Waals surface area contributed by atoms with Crippen molar-refractivity contribution in [2.45, 2.75) is 34.3 Å². The van der Waals surface area contributed by atoms with E-state index in [2.05, 4.69) is 32.9 Å². The molecule has 142 valence electrons. The number of hydrogen-bond donors (Lipinski definition) is 0. The molecule has 2 aromatic rings. The molecule has 2 rings (SSSR count). The summed E-state index contributed by atoms with van der Waals surface area (Å²) < 4.78 is 23.7. The van der Waals surface area contributed by atoms with Gasteiger partial charge in [0.15, 0.2) is 5.76 Å². The third kappa shape index (κ3) is 6.26. The zero-order chi connectivity index (χ0) is 19.1. The quantitative estimate of drug-likeness (QED) is 0.673. The molecule has 0 radical (unpaired) electrons. The van der Waals surface area contributed by atoms with Crippen LogP contribution < -0.4 is 0 Å². The Hall–Kier alpha value is -2.21. The van der Waals surface area contributed by atoms with Crippen LogP contribution in [-0.4, -0.2) is 35.7 Å². The number of halogens is 1. The van der Waals surface area contributed by atoms with Gasteiger partial charge in [0, 0.05) is 24.7 Å². The minimum atomic E-state index is -0.303. The standard InChI is InChI=1S/C20H27FN2O3/c1-14(2)10-23(11-15(3)4)20(24)13-25-12-18-9-19(26-22-18)16-5-7-17(21)8-6-16/h5-9,14-15H,10-13H2,1-4H3. The van der Waals surface area contributed by atoms with Crippen LogP contribution in [0.25, 0.3) is 11.3 Å². The minimum Gasteiger partial charge on any atom is -0.365 e. The van der Waals surface area contributed by atoms with Gasteiger partial charge in [0.2, 0.25) is 5.91 Å². The summed E-state index contributed by atoms with van der Waals surface area (Å²) >= 11 is 0. The van der Waals surface area contributed by atoms with Crippen LogP contribution in [0.15, 0.2) is 34.9 Å². The summed E-state index contributed by atoms with van der Waals surface area (Å²) in [4.78, 5) is 14.2. The highest BCUT2D eigenvalue weighted by Crippen LogP contribution is 2.20. The summed E-state index contributed by atoms with van der Waals surface area (Å²) in [6.45, 7) is 10.0. The second-order valence-corrected chi connectivity index (χ2v) is 7.27. The van der Waals surface area contributed by atoms with E-state index in [1.54, 1.807) is 18.2 Å². The topological polar surface area (TPSA) is 55.6 Å². The average molecular weight is 362 g/mol. The molecule has 0 unspecified atom stereocenters. The maximum Gasteiger partial charge on any atom is 0.248 e. The highest BCUT2D eigenvalue weighted by atomic mass is 19.1. The van der Waals surface area contributed by atoms with E-state index in [0.717, 1.165) is 18.7 Å². The van der Waals surface area contributed by atoms with E-state index in [-0.39, 0.29) is 24.9 Å². The van der Waals surface area contributed by atoms with E-state index < -0.39 is 0 Å². The highest BCUT2D eigenvalue weighted by molar-refractivity contribution is 5.77. The Kier molecular flexibility index (Phi) is 7.33. The molecule has 1 aromatic heterocycles. The molecule has 1 heterocycles. The molecule has 0 aliphatic carbocycles. The summed E-state index contributed by atoms with van der Waals surface area (Å²) in [7, 11) is 0. The first-order valence-electron chi connectivity index (χ1n) is 8.92. The van der Waals surface area contributed by atoms with Gasteiger partial charge < -0.3 is 14.2 Å². The maximum absolute atomic E-state index is 13.0. The molecule has 0 bridgehead atoms. The molecule has 5 nitrogen and oxygen atoms in total. The van der Waals surface area contributed by atoms with Crippen molar-refractivity contribution in [3.05, 3.63) is 41.8 Å². The fraction of sp³-hybridized carbons (Fsp3) is 0.500. The largest absolute Gasteiger partial charge is 0.365 e. The Bertz CT molecular complexity index is 685. The summed E-state index contributed by atoms with van der Waals surface area (Å²) in [5, 5.41) is 3.93. The first-order valence-corrected chi connectivity index (χ1v) is 8.92. The lowest BCUT2D eigenvalue weighted by atomic mass is 10.1. The van der Waals surface area contributed by atoms with E-state index >= 15 is 0 Å². The van der Waals surface area contributed by atoms with Crippen LogP contribution in [0.2, 0.25) is 0 Å². The second-order valence-electron chi connectivity index (χ2n) is 7.27. The molecule has 6 heteroatoms. The average Bonchev–Trinajstić information content (AvgIpc) is 3.03. The Labute approximate surface area is 154 Å². The third-order valence-corrected chi connectivity index (χ3v) is 3.69. The van der Waals surface area contributed by atoms with Crippen LogP contribution in [0.5, 0.6) is 0 Å². The summed E-state index contributed by atoms with van der Waals surface area (Å²) in [6, 6.07) is 7.71. The Morgan fingerprint density at radius 3 is 2.35 bits per heavy atom. The van der Waals surface area contributed by atoms with Gasteiger partial charge in [0.25, 0.3) is 0 Å². The molecule has 0 atom stereocenters. The number of hydrogen-bond acceptors (Lipinski definition) is 4. The van der Waals surface area contributed by atoms with Crippen LogP contribution in [0, 0.1) is 17.7 Å². The van der Waals surface area contributed by atoms with Crippen molar-refractivity contribution in [1.29, 1.82) is 0 Å². The van der Waals surface area contributed by atoms with Crippen molar-refractivity contribution in [2.24, 2.45) is 11.8 Å². The Morgan fingerprint density at radius 2 is 1.77 bits per heavy atom. The van der Waals surface area contributed by atoms with Crippen LogP contribution in [0.1, 0.15) is 33.4 Å². The van der Waals surface area contributed by atoms with Crippen molar-refractivity contribution in [2.75, 3.05) is 19.7 Å². The predicted octanol–water partition coefficient (Wildman–Crippen LogP) is 4.14. The van der Waals surface area contributed by atoms with Crippen LogP contribution in [0.4, 0.5) is 4.39 Å².